The Morgan fingerprint density at radius 1 is 1.05 bits per heavy atom. The lowest BCUT2D eigenvalue weighted by atomic mass is 10.1. The second-order valence-electron chi connectivity index (χ2n) is 12.9. The van der Waals surface area contributed by atoms with Gasteiger partial charge in [-0.05, 0) is 88.6 Å². The first kappa shape index (κ1) is 33.4. The molecule has 1 aliphatic heterocycles. The van der Waals surface area contributed by atoms with E-state index in [4.69, 9.17) is 14.5 Å². The number of aryl methyl sites for hydroxylation is 1. The maximum atomic E-state index is 13.8. The molecular formula is C35H51N5O4. The third-order valence-corrected chi connectivity index (χ3v) is 8.40. The molecule has 0 bridgehead atoms. The summed E-state index contributed by atoms with van der Waals surface area (Å²) in [7, 11) is 0. The standard InChI is InChI=1S/C35H51N5O4/c1-25(2)15-19-39(20-16-26(3)4)35(42)30-11-13-32-37-34(29-12-14-33(36-23-29)44-22-21-43-28(6)41)31(40(32)24-30)10-8-18-38-17-7-9-27(38)5/h11-14,23-27H,7-10,15-22H2,1-6H3. The molecule has 1 saturated heterocycles. The van der Waals surface area contributed by atoms with Gasteiger partial charge in [0.05, 0.1) is 17.0 Å². The predicted octanol–water partition coefficient (Wildman–Crippen LogP) is 6.29. The molecule has 0 N–H and O–H groups in total. The fraction of sp³-hybridized carbons (Fsp3) is 0.600. The van der Waals surface area contributed by atoms with Crippen LogP contribution in [0.1, 0.15) is 89.7 Å². The molecule has 0 aromatic carbocycles. The Hall–Kier alpha value is -3.46. The molecule has 1 unspecified atom stereocenters. The number of carbonyl (C=O) groups is 2. The van der Waals surface area contributed by atoms with Gasteiger partial charge < -0.3 is 23.7 Å². The number of imidazole rings is 1. The zero-order chi connectivity index (χ0) is 31.6. The van der Waals surface area contributed by atoms with Crippen LogP contribution in [0.3, 0.4) is 0 Å². The van der Waals surface area contributed by atoms with Crippen LogP contribution in [-0.2, 0) is 16.0 Å². The largest absolute Gasteiger partial charge is 0.474 e. The van der Waals surface area contributed by atoms with Gasteiger partial charge in [-0.15, -0.1) is 0 Å². The molecule has 3 aromatic rings. The second kappa shape index (κ2) is 16.0. The molecule has 0 saturated carbocycles. The Kier molecular flexibility index (Phi) is 12.2. The number of carbonyl (C=O) groups excluding carboxylic acids is 2. The van der Waals surface area contributed by atoms with Crippen molar-refractivity contribution in [1.29, 1.82) is 0 Å². The Bertz CT molecular complexity index is 1360. The van der Waals surface area contributed by atoms with E-state index in [0.717, 1.165) is 74.5 Å². The van der Waals surface area contributed by atoms with Crippen LogP contribution >= 0.6 is 0 Å². The van der Waals surface area contributed by atoms with Gasteiger partial charge in [0, 0.05) is 50.1 Å². The maximum absolute atomic E-state index is 13.8. The lowest BCUT2D eigenvalue weighted by Gasteiger charge is -2.25. The van der Waals surface area contributed by atoms with Crippen molar-refractivity contribution in [2.75, 3.05) is 39.4 Å². The predicted molar refractivity (Wildman–Crippen MR) is 174 cm³/mol. The number of rotatable bonds is 16. The minimum Gasteiger partial charge on any atom is -0.474 e. The lowest BCUT2D eigenvalue weighted by molar-refractivity contribution is -0.141. The van der Waals surface area contributed by atoms with Gasteiger partial charge in [0.1, 0.15) is 18.9 Å². The average molecular weight is 606 g/mol. The Morgan fingerprint density at radius 3 is 2.41 bits per heavy atom. The van der Waals surface area contributed by atoms with Crippen molar-refractivity contribution in [3.8, 4) is 17.1 Å². The zero-order valence-corrected chi connectivity index (χ0v) is 27.6. The molecule has 1 fully saturated rings. The van der Waals surface area contributed by atoms with Crippen LogP contribution < -0.4 is 4.74 Å². The van der Waals surface area contributed by atoms with Crippen LogP contribution in [0.5, 0.6) is 5.88 Å². The van der Waals surface area contributed by atoms with Crippen molar-refractivity contribution >= 4 is 17.5 Å². The van der Waals surface area contributed by atoms with Crippen molar-refractivity contribution in [2.45, 2.75) is 86.1 Å². The van der Waals surface area contributed by atoms with Gasteiger partial charge in [-0.25, -0.2) is 9.97 Å². The number of aromatic nitrogens is 3. The van der Waals surface area contributed by atoms with Gasteiger partial charge in [0.25, 0.3) is 5.91 Å². The van der Waals surface area contributed by atoms with Crippen molar-refractivity contribution in [1.82, 2.24) is 24.2 Å². The van der Waals surface area contributed by atoms with E-state index in [-0.39, 0.29) is 25.1 Å². The zero-order valence-electron chi connectivity index (χ0n) is 27.6. The van der Waals surface area contributed by atoms with Crippen molar-refractivity contribution < 1.29 is 19.1 Å². The van der Waals surface area contributed by atoms with E-state index < -0.39 is 0 Å². The Balaban J connectivity index is 1.61. The van der Waals surface area contributed by atoms with Crippen molar-refractivity contribution in [3.63, 3.8) is 0 Å². The fourth-order valence-corrected chi connectivity index (χ4v) is 5.73. The molecule has 0 radical (unpaired) electrons. The summed E-state index contributed by atoms with van der Waals surface area (Å²) >= 11 is 0. The number of fused-ring (bicyclic) bond motifs is 1. The number of nitrogens with zero attached hydrogens (tertiary/aromatic N) is 5. The highest BCUT2D eigenvalue weighted by Crippen LogP contribution is 2.28. The van der Waals surface area contributed by atoms with E-state index in [1.54, 1.807) is 6.20 Å². The number of pyridine rings is 2. The summed E-state index contributed by atoms with van der Waals surface area (Å²) in [6, 6.07) is 8.29. The molecule has 0 spiro atoms. The summed E-state index contributed by atoms with van der Waals surface area (Å²) in [4.78, 5) is 39.0. The van der Waals surface area contributed by atoms with Gasteiger partial charge in [-0.3, -0.25) is 9.59 Å². The van der Waals surface area contributed by atoms with E-state index in [9.17, 15) is 9.59 Å². The van der Waals surface area contributed by atoms with E-state index in [0.29, 0.717) is 29.3 Å². The molecule has 44 heavy (non-hydrogen) atoms. The molecule has 9 heteroatoms. The third-order valence-electron chi connectivity index (χ3n) is 8.40. The highest BCUT2D eigenvalue weighted by atomic mass is 16.6. The van der Waals surface area contributed by atoms with Crippen LogP contribution in [-0.4, -0.2) is 81.5 Å². The van der Waals surface area contributed by atoms with Crippen LogP contribution in [0.4, 0.5) is 0 Å². The molecule has 1 aliphatic rings. The van der Waals surface area contributed by atoms with Gasteiger partial charge in [-0.1, -0.05) is 27.7 Å². The fourth-order valence-electron chi connectivity index (χ4n) is 5.73. The summed E-state index contributed by atoms with van der Waals surface area (Å²) in [6.45, 7) is 16.6. The lowest BCUT2D eigenvalue weighted by Crippen LogP contribution is -2.34. The number of amides is 1. The van der Waals surface area contributed by atoms with Crippen LogP contribution in [0.15, 0.2) is 36.7 Å². The monoisotopic (exact) mass is 605 g/mol. The first-order valence-electron chi connectivity index (χ1n) is 16.4. The topological polar surface area (TPSA) is 89.3 Å². The van der Waals surface area contributed by atoms with Crippen LogP contribution in [0.25, 0.3) is 16.9 Å². The molecule has 4 rings (SSSR count). The number of hydrogen-bond donors (Lipinski definition) is 0. The molecule has 240 valence electrons. The smallest absolute Gasteiger partial charge is 0.302 e. The molecule has 1 atom stereocenters. The normalized spacial score (nSPS) is 15.4. The SMILES string of the molecule is CC(=O)OCCOc1ccc(-c2nc3ccc(C(=O)N(CCC(C)C)CCC(C)C)cn3c2CCCN2CCCC2C)cn1. The maximum Gasteiger partial charge on any atom is 0.302 e. The quantitative estimate of drug-likeness (QED) is 0.140. The van der Waals surface area contributed by atoms with Crippen LogP contribution in [0.2, 0.25) is 0 Å². The first-order valence-corrected chi connectivity index (χ1v) is 16.4. The van der Waals surface area contributed by atoms with Crippen molar-refractivity contribution in [2.24, 2.45) is 11.8 Å². The molecule has 0 aliphatic carbocycles. The molecular weight excluding hydrogens is 554 g/mol. The van der Waals surface area contributed by atoms with Crippen LogP contribution in [0, 0.1) is 11.8 Å². The van der Waals surface area contributed by atoms with E-state index in [2.05, 4.69) is 48.9 Å². The third kappa shape index (κ3) is 9.27. The summed E-state index contributed by atoms with van der Waals surface area (Å²) < 4.78 is 12.7. The highest BCUT2D eigenvalue weighted by Gasteiger charge is 2.22. The highest BCUT2D eigenvalue weighted by molar-refractivity contribution is 5.94. The van der Waals surface area contributed by atoms with Gasteiger partial charge in [0.15, 0.2) is 0 Å². The summed E-state index contributed by atoms with van der Waals surface area (Å²) in [5, 5.41) is 0. The first-order chi connectivity index (χ1) is 21.1. The number of hydrogen-bond acceptors (Lipinski definition) is 7. The Morgan fingerprint density at radius 2 is 1.80 bits per heavy atom. The number of likely N-dealkylation sites (tertiary alicyclic amines) is 1. The van der Waals surface area contributed by atoms with E-state index >= 15 is 0 Å². The summed E-state index contributed by atoms with van der Waals surface area (Å²) in [5.74, 6) is 1.28. The molecule has 4 heterocycles. The van der Waals surface area contributed by atoms with Gasteiger partial charge in [0.2, 0.25) is 5.88 Å². The molecule has 9 nitrogen and oxygen atoms in total. The minimum atomic E-state index is -0.334. The second-order valence-corrected chi connectivity index (χ2v) is 12.9. The number of esters is 1. The van der Waals surface area contributed by atoms with E-state index in [1.807, 2.05) is 35.4 Å². The Labute approximate surface area is 263 Å². The summed E-state index contributed by atoms with van der Waals surface area (Å²) in [5.41, 5.74) is 4.37. The van der Waals surface area contributed by atoms with Gasteiger partial charge in [-0.2, -0.15) is 0 Å². The molecule has 1 amide bonds. The van der Waals surface area contributed by atoms with Gasteiger partial charge >= 0.3 is 5.97 Å². The molecule has 3 aromatic heterocycles. The minimum absolute atomic E-state index is 0.0808. The van der Waals surface area contributed by atoms with Crippen molar-refractivity contribution in [3.05, 3.63) is 47.9 Å². The number of ether oxygens (including phenoxy) is 2. The average Bonchev–Trinajstić information content (AvgIpc) is 3.57. The summed E-state index contributed by atoms with van der Waals surface area (Å²) in [6.07, 6.45) is 10.1. The van der Waals surface area contributed by atoms with E-state index in [1.165, 1.54) is 19.8 Å².